The lowest BCUT2D eigenvalue weighted by molar-refractivity contribution is 0.102. The van der Waals surface area contributed by atoms with E-state index >= 15 is 0 Å². The zero-order chi connectivity index (χ0) is 17.6. The van der Waals surface area contributed by atoms with Crippen molar-refractivity contribution in [1.29, 1.82) is 0 Å². The van der Waals surface area contributed by atoms with E-state index in [-0.39, 0.29) is 11.3 Å². The fourth-order valence-electron chi connectivity index (χ4n) is 2.36. The predicted octanol–water partition coefficient (Wildman–Crippen LogP) is 2.49. The van der Waals surface area contributed by atoms with E-state index in [4.69, 9.17) is 4.74 Å². The molecule has 7 heteroatoms. The molecule has 25 heavy (non-hydrogen) atoms. The van der Waals surface area contributed by atoms with Crippen LogP contribution in [-0.4, -0.2) is 32.9 Å². The molecule has 2 N–H and O–H groups in total. The third kappa shape index (κ3) is 4.14. The number of phenols is 1. The van der Waals surface area contributed by atoms with Crippen LogP contribution in [0.25, 0.3) is 0 Å². The molecule has 0 radical (unpaired) electrons. The Kier molecular flexibility index (Phi) is 4.94. The highest BCUT2D eigenvalue weighted by Crippen LogP contribution is 2.24. The number of aryl methyl sites for hydroxylation is 2. The van der Waals surface area contributed by atoms with Gasteiger partial charge in [0.25, 0.3) is 5.91 Å². The number of methoxy groups -OCH3 is 1. The maximum atomic E-state index is 12.3. The van der Waals surface area contributed by atoms with Crippen molar-refractivity contribution in [2.75, 3.05) is 12.4 Å². The number of carbonyl (C=O) groups excluding carboxylic acids is 1. The molecule has 0 spiro atoms. The smallest absolute Gasteiger partial charge is 0.260 e. The normalized spacial score (nSPS) is 10.4. The molecule has 0 aliphatic heterocycles. The summed E-state index contributed by atoms with van der Waals surface area (Å²) < 4.78 is 6.76. The first-order chi connectivity index (χ1) is 12.2. The van der Waals surface area contributed by atoms with Gasteiger partial charge in [0.05, 0.1) is 12.7 Å². The first-order valence-corrected chi connectivity index (χ1v) is 7.76. The van der Waals surface area contributed by atoms with Crippen LogP contribution >= 0.6 is 0 Å². The van der Waals surface area contributed by atoms with Crippen LogP contribution in [0.5, 0.6) is 11.5 Å². The highest BCUT2D eigenvalue weighted by Gasteiger charge is 2.13. The SMILES string of the molecule is COc1ccc(C(=O)Nc2ccn(CCc3ccncc3)n2)c(O)c1. The number of pyridine rings is 1. The van der Waals surface area contributed by atoms with Crippen LogP contribution in [0.4, 0.5) is 5.82 Å². The summed E-state index contributed by atoms with van der Waals surface area (Å²) >= 11 is 0. The number of aromatic nitrogens is 3. The van der Waals surface area contributed by atoms with E-state index in [1.54, 1.807) is 35.4 Å². The van der Waals surface area contributed by atoms with E-state index in [1.807, 2.05) is 12.1 Å². The van der Waals surface area contributed by atoms with Crippen LogP contribution < -0.4 is 10.1 Å². The average Bonchev–Trinajstić information content (AvgIpc) is 3.08. The molecule has 2 heterocycles. The van der Waals surface area contributed by atoms with Crippen molar-refractivity contribution in [3.63, 3.8) is 0 Å². The largest absolute Gasteiger partial charge is 0.507 e. The molecule has 7 nitrogen and oxygen atoms in total. The molecule has 0 saturated carbocycles. The van der Waals surface area contributed by atoms with E-state index in [0.29, 0.717) is 18.1 Å². The van der Waals surface area contributed by atoms with Crippen LogP contribution in [-0.2, 0) is 13.0 Å². The Bertz CT molecular complexity index is 862. The van der Waals surface area contributed by atoms with Crippen molar-refractivity contribution >= 4 is 11.7 Å². The van der Waals surface area contributed by atoms with Gasteiger partial charge >= 0.3 is 0 Å². The Hall–Kier alpha value is -3.35. The summed E-state index contributed by atoms with van der Waals surface area (Å²) in [4.78, 5) is 16.2. The van der Waals surface area contributed by atoms with Gasteiger partial charge < -0.3 is 15.2 Å². The molecular weight excluding hydrogens is 320 g/mol. The number of hydrogen-bond acceptors (Lipinski definition) is 5. The van der Waals surface area contributed by atoms with Gasteiger partial charge in [0.1, 0.15) is 11.5 Å². The van der Waals surface area contributed by atoms with Gasteiger partial charge in [0.15, 0.2) is 5.82 Å². The van der Waals surface area contributed by atoms with Crippen molar-refractivity contribution in [3.05, 3.63) is 66.1 Å². The van der Waals surface area contributed by atoms with Gasteiger partial charge in [0, 0.05) is 37.3 Å². The van der Waals surface area contributed by atoms with Crippen LogP contribution in [0.2, 0.25) is 0 Å². The lowest BCUT2D eigenvalue weighted by Gasteiger charge is -2.06. The average molecular weight is 338 g/mol. The zero-order valence-electron chi connectivity index (χ0n) is 13.7. The first-order valence-electron chi connectivity index (χ1n) is 7.76. The number of ether oxygens (including phenoxy) is 1. The Labute approximate surface area is 144 Å². The third-order valence-corrected chi connectivity index (χ3v) is 3.71. The maximum absolute atomic E-state index is 12.3. The number of carbonyl (C=O) groups is 1. The minimum Gasteiger partial charge on any atom is -0.507 e. The van der Waals surface area contributed by atoms with Crippen LogP contribution in [0.3, 0.4) is 0 Å². The minimum atomic E-state index is -0.431. The van der Waals surface area contributed by atoms with Crippen LogP contribution in [0.1, 0.15) is 15.9 Å². The van der Waals surface area contributed by atoms with Gasteiger partial charge in [-0.1, -0.05) is 0 Å². The van der Waals surface area contributed by atoms with Gasteiger partial charge in [-0.25, -0.2) is 0 Å². The summed E-state index contributed by atoms with van der Waals surface area (Å²) in [5.41, 5.74) is 1.33. The van der Waals surface area contributed by atoms with E-state index in [0.717, 1.165) is 6.42 Å². The number of anilines is 1. The van der Waals surface area contributed by atoms with E-state index in [2.05, 4.69) is 15.4 Å². The third-order valence-electron chi connectivity index (χ3n) is 3.71. The van der Waals surface area contributed by atoms with Crippen molar-refractivity contribution < 1.29 is 14.6 Å². The molecule has 0 aliphatic carbocycles. The topological polar surface area (TPSA) is 89.3 Å². The number of nitrogens with one attached hydrogen (secondary N) is 1. The number of hydrogen-bond donors (Lipinski definition) is 2. The van der Waals surface area contributed by atoms with Crippen molar-refractivity contribution in [2.45, 2.75) is 13.0 Å². The number of benzene rings is 1. The molecule has 0 unspecified atom stereocenters. The van der Waals surface area contributed by atoms with Gasteiger partial charge in [-0.15, -0.1) is 0 Å². The molecule has 3 rings (SSSR count). The molecule has 128 valence electrons. The fraction of sp³-hybridized carbons (Fsp3) is 0.167. The first kappa shape index (κ1) is 16.5. The number of phenolic OH excluding ortho intramolecular Hbond substituents is 1. The predicted molar refractivity (Wildman–Crippen MR) is 92.8 cm³/mol. The van der Waals surface area contributed by atoms with E-state index < -0.39 is 5.91 Å². The monoisotopic (exact) mass is 338 g/mol. The van der Waals surface area contributed by atoms with Crippen molar-refractivity contribution in [1.82, 2.24) is 14.8 Å². The Morgan fingerprint density at radius 1 is 1.24 bits per heavy atom. The van der Waals surface area contributed by atoms with Crippen molar-refractivity contribution in [3.8, 4) is 11.5 Å². The summed E-state index contributed by atoms with van der Waals surface area (Å²) in [6.45, 7) is 0.688. The molecular formula is C18H18N4O3. The van der Waals surface area contributed by atoms with E-state index in [1.165, 1.54) is 24.8 Å². The molecule has 0 fully saturated rings. The summed E-state index contributed by atoms with van der Waals surface area (Å²) in [6.07, 6.45) is 6.12. The molecule has 0 saturated heterocycles. The van der Waals surface area contributed by atoms with Gasteiger partial charge in [-0.2, -0.15) is 5.10 Å². The molecule has 3 aromatic rings. The number of nitrogens with zero attached hydrogens (tertiary/aromatic N) is 3. The zero-order valence-corrected chi connectivity index (χ0v) is 13.7. The van der Waals surface area contributed by atoms with Gasteiger partial charge in [-0.05, 0) is 36.2 Å². The molecule has 2 aromatic heterocycles. The maximum Gasteiger partial charge on any atom is 0.260 e. The Morgan fingerprint density at radius 3 is 2.76 bits per heavy atom. The molecule has 0 atom stereocenters. The molecule has 0 bridgehead atoms. The highest BCUT2D eigenvalue weighted by molar-refractivity contribution is 6.05. The number of rotatable bonds is 6. The number of aromatic hydroxyl groups is 1. The fourth-order valence-corrected chi connectivity index (χ4v) is 2.36. The van der Waals surface area contributed by atoms with E-state index in [9.17, 15) is 9.90 Å². The molecule has 1 aromatic carbocycles. The summed E-state index contributed by atoms with van der Waals surface area (Å²) in [5, 5.41) is 16.9. The lowest BCUT2D eigenvalue weighted by Crippen LogP contribution is -2.13. The molecule has 0 aliphatic rings. The highest BCUT2D eigenvalue weighted by atomic mass is 16.5. The standard InChI is InChI=1S/C18H18N4O3/c1-25-14-2-3-15(16(23)12-14)18(24)20-17-7-11-22(21-17)10-6-13-4-8-19-9-5-13/h2-5,7-9,11-12,23H,6,10H2,1H3,(H,20,21,24). The summed E-state index contributed by atoms with van der Waals surface area (Å²) in [5.74, 6) is 0.331. The second-order valence-electron chi connectivity index (χ2n) is 5.41. The second-order valence-corrected chi connectivity index (χ2v) is 5.41. The Morgan fingerprint density at radius 2 is 2.04 bits per heavy atom. The summed E-state index contributed by atoms with van der Waals surface area (Å²) in [7, 11) is 1.49. The second kappa shape index (κ2) is 7.48. The Balaban J connectivity index is 1.62. The van der Waals surface area contributed by atoms with Gasteiger partial charge in [0.2, 0.25) is 0 Å². The quantitative estimate of drug-likeness (QED) is 0.721. The molecule has 1 amide bonds. The van der Waals surface area contributed by atoms with Crippen LogP contribution in [0.15, 0.2) is 55.0 Å². The lowest BCUT2D eigenvalue weighted by atomic mass is 10.2. The minimum absolute atomic E-state index is 0.144. The van der Waals surface area contributed by atoms with Crippen LogP contribution in [0, 0.1) is 0 Å². The summed E-state index contributed by atoms with van der Waals surface area (Å²) in [6, 6.07) is 10.1. The van der Waals surface area contributed by atoms with Crippen molar-refractivity contribution in [2.24, 2.45) is 0 Å². The number of amides is 1. The van der Waals surface area contributed by atoms with Gasteiger partial charge in [-0.3, -0.25) is 14.5 Å².